The van der Waals surface area contributed by atoms with Gasteiger partial charge in [0, 0.05) is 42.5 Å². The highest BCUT2D eigenvalue weighted by atomic mass is 16.5. The minimum absolute atomic E-state index is 0.139. The molecule has 2 N–H and O–H groups in total. The Bertz CT molecular complexity index is 784. The van der Waals surface area contributed by atoms with E-state index in [1.165, 1.54) is 0 Å². The zero-order valence-electron chi connectivity index (χ0n) is 12.0. The fourth-order valence-corrected chi connectivity index (χ4v) is 2.89. The molecule has 6 nitrogen and oxygen atoms in total. The molecule has 0 spiro atoms. The molecule has 4 rings (SSSR count). The number of amides is 1. The van der Waals surface area contributed by atoms with Crippen LogP contribution < -0.4 is 5.32 Å². The average Bonchev–Trinajstić information content (AvgIpc) is 3.13. The van der Waals surface area contributed by atoms with Crippen LogP contribution in [-0.2, 0) is 9.53 Å². The van der Waals surface area contributed by atoms with E-state index in [2.05, 4.69) is 20.3 Å². The summed E-state index contributed by atoms with van der Waals surface area (Å²) in [5.74, 6) is 0.922. The van der Waals surface area contributed by atoms with Crippen LogP contribution in [0.1, 0.15) is 18.4 Å². The molecule has 0 aromatic carbocycles. The number of pyridine rings is 1. The first-order chi connectivity index (χ1) is 10.8. The summed E-state index contributed by atoms with van der Waals surface area (Å²) in [5, 5.41) is 3.88. The molecular weight excluding hydrogens is 280 g/mol. The fourth-order valence-electron chi connectivity index (χ4n) is 2.89. The Morgan fingerprint density at radius 3 is 3.05 bits per heavy atom. The van der Waals surface area contributed by atoms with Gasteiger partial charge >= 0.3 is 0 Å². The Kier molecular flexibility index (Phi) is 3.23. The molecule has 4 heterocycles. The largest absolute Gasteiger partial charge is 0.381 e. The maximum absolute atomic E-state index is 12.1. The van der Waals surface area contributed by atoms with Gasteiger partial charge in [-0.05, 0) is 31.1 Å². The zero-order valence-corrected chi connectivity index (χ0v) is 12.0. The molecule has 0 atom stereocenters. The number of aromatic amines is 1. The van der Waals surface area contributed by atoms with Gasteiger partial charge in [0.25, 0.3) is 5.91 Å². The Labute approximate surface area is 127 Å². The van der Waals surface area contributed by atoms with Gasteiger partial charge < -0.3 is 15.0 Å². The molecule has 0 radical (unpaired) electrons. The molecule has 2 aliphatic rings. The number of carbonyl (C=O) groups excluding carboxylic acids is 1. The van der Waals surface area contributed by atoms with Crippen LogP contribution in [0.5, 0.6) is 0 Å². The molecule has 6 heteroatoms. The molecular formula is C16H16N4O2. The number of aliphatic imine (C=N–C) groups is 1. The maximum Gasteiger partial charge on any atom is 0.275 e. The summed E-state index contributed by atoms with van der Waals surface area (Å²) in [6.45, 7) is 1.46. The molecule has 22 heavy (non-hydrogen) atoms. The Hall–Kier alpha value is -2.47. The first-order valence-electron chi connectivity index (χ1n) is 7.43. The molecule has 1 fully saturated rings. The number of nitrogens with zero attached hydrogens (tertiary/aromatic N) is 2. The van der Waals surface area contributed by atoms with Crippen molar-refractivity contribution < 1.29 is 9.53 Å². The number of ether oxygens (including phenoxy) is 1. The van der Waals surface area contributed by atoms with Crippen LogP contribution in [0.2, 0.25) is 0 Å². The summed E-state index contributed by atoms with van der Waals surface area (Å²) >= 11 is 0. The van der Waals surface area contributed by atoms with Crippen molar-refractivity contribution >= 4 is 28.9 Å². The van der Waals surface area contributed by atoms with E-state index in [1.54, 1.807) is 6.20 Å². The van der Waals surface area contributed by atoms with E-state index in [9.17, 15) is 4.79 Å². The molecule has 2 aromatic rings. The lowest BCUT2D eigenvalue weighted by atomic mass is 9.99. The maximum atomic E-state index is 12.1. The van der Waals surface area contributed by atoms with Gasteiger partial charge in [0.1, 0.15) is 17.2 Å². The van der Waals surface area contributed by atoms with E-state index >= 15 is 0 Å². The number of aromatic nitrogens is 2. The highest BCUT2D eigenvalue weighted by Gasteiger charge is 2.27. The van der Waals surface area contributed by atoms with Crippen molar-refractivity contribution in [2.75, 3.05) is 13.2 Å². The fraction of sp³-hybridized carbons (Fsp3) is 0.312. The number of fused-ring (bicyclic) bond motifs is 1. The van der Waals surface area contributed by atoms with Crippen molar-refractivity contribution in [1.29, 1.82) is 0 Å². The summed E-state index contributed by atoms with van der Waals surface area (Å²) in [5.41, 5.74) is 2.18. The number of hydrogen-bond acceptors (Lipinski definition) is 4. The minimum Gasteiger partial charge on any atom is -0.381 e. The van der Waals surface area contributed by atoms with E-state index in [-0.39, 0.29) is 11.8 Å². The molecule has 112 valence electrons. The molecule has 0 aliphatic carbocycles. The van der Waals surface area contributed by atoms with E-state index in [1.807, 2.05) is 24.4 Å². The highest BCUT2D eigenvalue weighted by molar-refractivity contribution is 6.15. The second-order valence-electron chi connectivity index (χ2n) is 5.51. The van der Waals surface area contributed by atoms with E-state index < -0.39 is 0 Å². The van der Waals surface area contributed by atoms with Gasteiger partial charge in [-0.25, -0.2) is 9.98 Å². The first-order valence-corrected chi connectivity index (χ1v) is 7.43. The van der Waals surface area contributed by atoms with Crippen molar-refractivity contribution in [3.05, 3.63) is 35.8 Å². The van der Waals surface area contributed by atoms with Crippen LogP contribution in [-0.4, -0.2) is 34.9 Å². The molecule has 0 unspecified atom stereocenters. The van der Waals surface area contributed by atoms with Crippen LogP contribution in [0.15, 0.2) is 35.2 Å². The van der Waals surface area contributed by atoms with Crippen LogP contribution in [0.4, 0.5) is 0 Å². The smallest absolute Gasteiger partial charge is 0.275 e. The molecule has 1 saturated heterocycles. The van der Waals surface area contributed by atoms with Gasteiger partial charge in [-0.3, -0.25) is 4.79 Å². The summed E-state index contributed by atoms with van der Waals surface area (Å²) in [6.07, 6.45) is 7.20. The third kappa shape index (κ3) is 2.31. The topological polar surface area (TPSA) is 79.4 Å². The van der Waals surface area contributed by atoms with Crippen molar-refractivity contribution in [2.24, 2.45) is 10.9 Å². The van der Waals surface area contributed by atoms with Crippen LogP contribution >= 0.6 is 0 Å². The minimum atomic E-state index is -0.139. The Morgan fingerprint density at radius 2 is 2.18 bits per heavy atom. The molecule has 1 amide bonds. The summed E-state index contributed by atoms with van der Waals surface area (Å²) < 4.78 is 5.35. The zero-order chi connectivity index (χ0) is 14.9. The monoisotopic (exact) mass is 296 g/mol. The van der Waals surface area contributed by atoms with Crippen molar-refractivity contribution in [2.45, 2.75) is 12.8 Å². The molecule has 2 aromatic heterocycles. The van der Waals surface area contributed by atoms with Crippen molar-refractivity contribution in [3.8, 4) is 0 Å². The number of rotatable bonds is 2. The van der Waals surface area contributed by atoms with E-state index in [0.29, 0.717) is 5.70 Å². The summed E-state index contributed by atoms with van der Waals surface area (Å²) in [6, 6.07) is 3.85. The molecule has 0 bridgehead atoms. The Morgan fingerprint density at radius 1 is 1.32 bits per heavy atom. The number of hydrogen-bond donors (Lipinski definition) is 2. The lowest BCUT2D eigenvalue weighted by Crippen LogP contribution is -2.33. The van der Waals surface area contributed by atoms with Gasteiger partial charge in [-0.1, -0.05) is 0 Å². The van der Waals surface area contributed by atoms with Crippen molar-refractivity contribution in [1.82, 2.24) is 15.3 Å². The third-order valence-corrected chi connectivity index (χ3v) is 4.10. The second-order valence-corrected chi connectivity index (χ2v) is 5.51. The Balaban J connectivity index is 1.66. The predicted octanol–water partition coefficient (Wildman–Crippen LogP) is 1.86. The number of nitrogens with one attached hydrogen (secondary N) is 2. The van der Waals surface area contributed by atoms with Crippen LogP contribution in [0, 0.1) is 5.92 Å². The SMILES string of the molecule is O=C1NC(C2CCOCC2)=N/C1=C\c1c[nH]c2ncccc12. The molecule has 2 aliphatic heterocycles. The predicted molar refractivity (Wildman–Crippen MR) is 83.2 cm³/mol. The second kappa shape index (κ2) is 5.38. The number of H-pyrrole nitrogens is 1. The summed E-state index contributed by atoms with van der Waals surface area (Å²) in [4.78, 5) is 24.0. The number of carbonyl (C=O) groups is 1. The van der Waals surface area contributed by atoms with E-state index in [4.69, 9.17) is 4.74 Å². The van der Waals surface area contributed by atoms with Crippen LogP contribution in [0.25, 0.3) is 17.1 Å². The standard InChI is InChI=1S/C16H16N4O2/c21-16-13(19-14(20-16)10-3-6-22-7-4-10)8-11-9-18-15-12(11)2-1-5-17-15/h1-2,5,8-10H,3-4,6-7H2,(H,17,18)(H,19,20,21)/b13-8-. The normalized spacial score (nSPS) is 21.4. The summed E-state index contributed by atoms with van der Waals surface area (Å²) in [7, 11) is 0. The van der Waals surface area contributed by atoms with E-state index in [0.717, 1.165) is 48.5 Å². The number of amidine groups is 1. The lowest BCUT2D eigenvalue weighted by Gasteiger charge is -2.21. The lowest BCUT2D eigenvalue weighted by molar-refractivity contribution is -0.115. The van der Waals surface area contributed by atoms with Gasteiger partial charge in [0.2, 0.25) is 0 Å². The van der Waals surface area contributed by atoms with Crippen molar-refractivity contribution in [3.63, 3.8) is 0 Å². The quantitative estimate of drug-likeness (QED) is 0.830. The van der Waals surface area contributed by atoms with Gasteiger partial charge in [0.15, 0.2) is 0 Å². The van der Waals surface area contributed by atoms with Crippen LogP contribution in [0.3, 0.4) is 0 Å². The first kappa shape index (κ1) is 13.2. The van der Waals surface area contributed by atoms with Gasteiger partial charge in [0.05, 0.1) is 0 Å². The highest BCUT2D eigenvalue weighted by Crippen LogP contribution is 2.23. The average molecular weight is 296 g/mol. The molecule has 0 saturated carbocycles. The van der Waals surface area contributed by atoms with Gasteiger partial charge in [-0.15, -0.1) is 0 Å². The third-order valence-electron chi connectivity index (χ3n) is 4.10. The van der Waals surface area contributed by atoms with Gasteiger partial charge in [-0.2, -0.15) is 0 Å².